The first-order valence-electron chi connectivity index (χ1n) is 17.3. The Hall–Kier alpha value is -3.47. The first kappa shape index (κ1) is 39.6. The molecule has 250 valence electrons. The maximum Gasteiger partial charge on any atom is 0.335 e. The van der Waals surface area contributed by atoms with Gasteiger partial charge in [0.2, 0.25) is 5.75 Å². The summed E-state index contributed by atoms with van der Waals surface area (Å²) >= 11 is 0. The molecular weight excluding hydrogens is 560 g/mol. The molecule has 0 fully saturated rings. The fraction of sp³-hybridized carbons (Fsp3) is 0.525. The van der Waals surface area contributed by atoms with E-state index in [2.05, 4.69) is 38.0 Å². The Morgan fingerprint density at radius 3 is 1.22 bits per heavy atom. The summed E-state index contributed by atoms with van der Waals surface area (Å²) in [5.74, 6) is 0.440. The lowest BCUT2D eigenvalue weighted by molar-refractivity contribution is 0.0695. The predicted molar refractivity (Wildman–Crippen MR) is 191 cm³/mol. The monoisotopic (exact) mass is 620 g/mol. The van der Waals surface area contributed by atoms with E-state index < -0.39 is 5.97 Å². The van der Waals surface area contributed by atoms with Gasteiger partial charge < -0.3 is 19.3 Å². The molecule has 0 spiro atoms. The summed E-state index contributed by atoms with van der Waals surface area (Å²) in [5.41, 5.74) is 0.151. The van der Waals surface area contributed by atoms with Crippen molar-refractivity contribution in [2.75, 3.05) is 19.8 Å². The van der Waals surface area contributed by atoms with Crippen molar-refractivity contribution in [3.05, 3.63) is 92.1 Å². The zero-order chi connectivity index (χ0) is 32.6. The summed E-state index contributed by atoms with van der Waals surface area (Å²) in [6, 6.07) is 3.15. The quantitative estimate of drug-likeness (QED) is 0.0661. The molecule has 0 saturated carbocycles. The van der Waals surface area contributed by atoms with E-state index in [1.807, 2.05) is 36.5 Å². The van der Waals surface area contributed by atoms with Gasteiger partial charge in [0.1, 0.15) is 0 Å². The van der Waals surface area contributed by atoms with Gasteiger partial charge in [0.15, 0.2) is 11.5 Å². The average Bonchev–Trinajstić information content (AvgIpc) is 3.04. The molecule has 45 heavy (non-hydrogen) atoms. The van der Waals surface area contributed by atoms with Crippen LogP contribution in [0.2, 0.25) is 0 Å². The van der Waals surface area contributed by atoms with E-state index >= 15 is 0 Å². The maximum absolute atomic E-state index is 12.0. The van der Waals surface area contributed by atoms with Gasteiger partial charge in [-0.15, -0.1) is 0 Å². The Labute approximate surface area is 274 Å². The van der Waals surface area contributed by atoms with E-state index in [0.717, 1.165) is 77.0 Å². The highest BCUT2D eigenvalue weighted by Crippen LogP contribution is 2.39. The van der Waals surface area contributed by atoms with E-state index in [9.17, 15) is 9.90 Å². The van der Waals surface area contributed by atoms with Gasteiger partial charge in [-0.05, 0) is 69.9 Å². The molecule has 0 aromatic heterocycles. The van der Waals surface area contributed by atoms with Crippen LogP contribution in [0.15, 0.2) is 86.6 Å². The summed E-state index contributed by atoms with van der Waals surface area (Å²) in [4.78, 5) is 12.0. The van der Waals surface area contributed by atoms with Crippen LogP contribution in [0.5, 0.6) is 17.2 Å². The minimum absolute atomic E-state index is 0.151. The van der Waals surface area contributed by atoms with Crippen molar-refractivity contribution in [1.82, 2.24) is 0 Å². The summed E-state index contributed by atoms with van der Waals surface area (Å²) < 4.78 is 18.6. The molecule has 0 aliphatic heterocycles. The molecule has 0 radical (unpaired) electrons. The van der Waals surface area contributed by atoms with Gasteiger partial charge in [-0.3, -0.25) is 0 Å². The third-order valence-corrected chi connectivity index (χ3v) is 7.39. The SMILES string of the molecule is C=C/C=C/CCCCCCCOc1cc(C(=O)O)cc(OCCCCCCC/C=C/C=C)c1OCCCCCCC/C=C/C=C. The number of carbonyl (C=O) groups is 1. The van der Waals surface area contributed by atoms with Gasteiger partial charge in [-0.2, -0.15) is 0 Å². The van der Waals surface area contributed by atoms with Crippen LogP contribution in [-0.4, -0.2) is 30.9 Å². The first-order chi connectivity index (χ1) is 22.1. The van der Waals surface area contributed by atoms with Crippen molar-refractivity contribution in [1.29, 1.82) is 0 Å². The fourth-order valence-electron chi connectivity index (χ4n) is 4.86. The van der Waals surface area contributed by atoms with Crippen LogP contribution >= 0.6 is 0 Å². The van der Waals surface area contributed by atoms with Crippen LogP contribution in [0.3, 0.4) is 0 Å². The minimum atomic E-state index is -1.00. The van der Waals surface area contributed by atoms with Gasteiger partial charge in [0.25, 0.3) is 0 Å². The fourth-order valence-corrected chi connectivity index (χ4v) is 4.86. The number of hydrogen-bond acceptors (Lipinski definition) is 4. The van der Waals surface area contributed by atoms with E-state index in [4.69, 9.17) is 14.2 Å². The molecule has 0 atom stereocenters. The van der Waals surface area contributed by atoms with Gasteiger partial charge in [-0.1, -0.05) is 132 Å². The van der Waals surface area contributed by atoms with Crippen LogP contribution in [-0.2, 0) is 0 Å². The summed E-state index contributed by atoms with van der Waals surface area (Å²) in [6.07, 6.45) is 37.6. The predicted octanol–water partition coefficient (Wildman–Crippen LogP) is 11.8. The number of carboxylic acids is 1. The van der Waals surface area contributed by atoms with Crippen molar-refractivity contribution in [2.45, 2.75) is 116 Å². The molecular formula is C40H60O5. The molecule has 0 amide bonds. The smallest absolute Gasteiger partial charge is 0.335 e. The van der Waals surface area contributed by atoms with Gasteiger partial charge in [-0.25, -0.2) is 4.79 Å². The first-order valence-corrected chi connectivity index (χ1v) is 17.3. The second-order valence-corrected chi connectivity index (χ2v) is 11.3. The van der Waals surface area contributed by atoms with Gasteiger partial charge in [0.05, 0.1) is 25.4 Å². The zero-order valence-corrected chi connectivity index (χ0v) is 27.9. The molecule has 0 bridgehead atoms. The molecule has 5 heteroatoms. The van der Waals surface area contributed by atoms with Crippen LogP contribution < -0.4 is 14.2 Å². The standard InChI is InChI=1S/C40H60O5/c1-4-7-10-13-16-19-22-25-28-31-43-37-34-36(40(41)42)35-38(44-32-29-26-23-20-17-14-11-8-5-2)39(37)45-33-30-27-24-21-18-15-12-9-6-3/h4-12,34-35H,1-3,13-33H2,(H,41,42)/b10-7+,11-8+,12-9+. The van der Waals surface area contributed by atoms with Crippen LogP contribution in [0.4, 0.5) is 0 Å². The third-order valence-electron chi connectivity index (χ3n) is 7.39. The molecule has 1 aromatic rings. The second kappa shape index (κ2) is 29.3. The molecule has 0 saturated heterocycles. The molecule has 1 N–H and O–H groups in total. The highest BCUT2D eigenvalue weighted by atomic mass is 16.5. The Kier molecular flexibility index (Phi) is 25.7. The number of rotatable bonds is 31. The molecule has 0 heterocycles. The van der Waals surface area contributed by atoms with Crippen LogP contribution in [0, 0.1) is 0 Å². The summed E-state index contributed by atoms with van der Waals surface area (Å²) in [7, 11) is 0. The third kappa shape index (κ3) is 21.8. The lowest BCUT2D eigenvalue weighted by Crippen LogP contribution is -2.08. The zero-order valence-electron chi connectivity index (χ0n) is 27.9. The number of aromatic carboxylic acids is 1. The van der Waals surface area contributed by atoms with Crippen LogP contribution in [0.25, 0.3) is 0 Å². The number of benzene rings is 1. The Balaban J connectivity index is 2.70. The average molecular weight is 621 g/mol. The highest BCUT2D eigenvalue weighted by Gasteiger charge is 2.18. The van der Waals surface area contributed by atoms with Crippen molar-refractivity contribution in [3.8, 4) is 17.2 Å². The van der Waals surface area contributed by atoms with Crippen molar-refractivity contribution >= 4 is 5.97 Å². The van der Waals surface area contributed by atoms with Crippen LogP contribution in [0.1, 0.15) is 126 Å². The molecule has 0 aliphatic rings. The largest absolute Gasteiger partial charge is 0.490 e. The minimum Gasteiger partial charge on any atom is -0.490 e. The van der Waals surface area contributed by atoms with E-state index in [0.29, 0.717) is 37.1 Å². The van der Waals surface area contributed by atoms with Gasteiger partial charge in [0, 0.05) is 0 Å². The van der Waals surface area contributed by atoms with Crippen molar-refractivity contribution in [3.63, 3.8) is 0 Å². The molecule has 5 nitrogen and oxygen atoms in total. The second-order valence-electron chi connectivity index (χ2n) is 11.3. The number of carboxylic acid groups (broad SMARTS) is 1. The van der Waals surface area contributed by atoms with E-state index in [1.165, 1.54) is 38.5 Å². The van der Waals surface area contributed by atoms with Crippen molar-refractivity contribution < 1.29 is 24.1 Å². The molecule has 1 rings (SSSR count). The highest BCUT2D eigenvalue weighted by molar-refractivity contribution is 5.89. The molecule has 0 unspecified atom stereocenters. The maximum atomic E-state index is 12.0. The number of hydrogen-bond donors (Lipinski definition) is 1. The molecule has 0 aliphatic carbocycles. The Morgan fingerprint density at radius 2 is 0.867 bits per heavy atom. The normalized spacial score (nSPS) is 11.4. The molecule has 1 aromatic carbocycles. The summed E-state index contributed by atoms with van der Waals surface area (Å²) in [5, 5.41) is 9.80. The lowest BCUT2D eigenvalue weighted by atomic mass is 10.1. The Morgan fingerprint density at radius 1 is 0.533 bits per heavy atom. The van der Waals surface area contributed by atoms with E-state index in [1.54, 1.807) is 12.1 Å². The number of allylic oxidation sites excluding steroid dienone is 9. The number of ether oxygens (including phenoxy) is 3. The number of unbranched alkanes of at least 4 members (excludes halogenated alkanes) is 15. The Bertz CT molecular complexity index is 965. The van der Waals surface area contributed by atoms with Crippen molar-refractivity contribution in [2.24, 2.45) is 0 Å². The van der Waals surface area contributed by atoms with E-state index in [-0.39, 0.29) is 5.56 Å². The van der Waals surface area contributed by atoms with Gasteiger partial charge >= 0.3 is 5.97 Å². The topological polar surface area (TPSA) is 65.0 Å². The summed E-state index contributed by atoms with van der Waals surface area (Å²) in [6.45, 7) is 12.7. The lowest BCUT2D eigenvalue weighted by Gasteiger charge is -2.18.